The summed E-state index contributed by atoms with van der Waals surface area (Å²) in [5.41, 5.74) is 6.98. The number of nitrogens with zero attached hydrogens (tertiary/aromatic N) is 1. The molecule has 84 valence electrons. The Morgan fingerprint density at radius 2 is 2.33 bits per heavy atom. The second-order valence-corrected chi connectivity index (χ2v) is 5.88. The molecule has 1 heterocycles. The zero-order valence-electron chi connectivity index (χ0n) is 9.62. The van der Waals surface area contributed by atoms with Gasteiger partial charge in [0, 0.05) is 10.8 Å². The van der Waals surface area contributed by atoms with E-state index in [-0.39, 0.29) is 0 Å². The number of rotatable bonds is 3. The zero-order valence-corrected chi connectivity index (χ0v) is 10.4. The van der Waals surface area contributed by atoms with Gasteiger partial charge in [0.2, 0.25) is 0 Å². The molecule has 2 N–H and O–H groups in total. The quantitative estimate of drug-likeness (QED) is 0.857. The van der Waals surface area contributed by atoms with E-state index in [9.17, 15) is 0 Å². The summed E-state index contributed by atoms with van der Waals surface area (Å²) in [5.74, 6) is 1.36. The normalized spacial score (nSPS) is 20.7. The van der Waals surface area contributed by atoms with Gasteiger partial charge in [-0.2, -0.15) is 0 Å². The highest BCUT2D eigenvalue weighted by molar-refractivity contribution is 7.11. The number of hydrogen-bond donors (Lipinski definition) is 1. The van der Waals surface area contributed by atoms with Gasteiger partial charge in [0.25, 0.3) is 0 Å². The van der Waals surface area contributed by atoms with Gasteiger partial charge >= 0.3 is 0 Å². The van der Waals surface area contributed by atoms with Crippen LogP contribution in [0.1, 0.15) is 48.2 Å². The van der Waals surface area contributed by atoms with Gasteiger partial charge in [-0.15, -0.1) is 11.3 Å². The molecule has 0 saturated heterocycles. The van der Waals surface area contributed by atoms with Crippen LogP contribution in [0, 0.1) is 5.92 Å². The number of thiazole rings is 1. The Morgan fingerprint density at radius 1 is 1.53 bits per heavy atom. The Hall–Kier alpha value is -0.410. The summed E-state index contributed by atoms with van der Waals surface area (Å²) in [5, 5.41) is 1.31. The lowest BCUT2D eigenvalue weighted by Crippen LogP contribution is -2.16. The largest absolute Gasteiger partial charge is 0.330 e. The molecule has 15 heavy (non-hydrogen) atoms. The first kappa shape index (κ1) is 11.1. The SMILES string of the molecule is CC(C)c1nc2c(s1)CCC(CCN)C2. The average molecular weight is 224 g/mol. The van der Waals surface area contributed by atoms with Crippen LogP contribution in [-0.4, -0.2) is 11.5 Å². The molecule has 1 aliphatic carbocycles. The molecule has 0 aliphatic heterocycles. The summed E-state index contributed by atoms with van der Waals surface area (Å²) in [6.07, 6.45) is 4.86. The first-order chi connectivity index (χ1) is 7.20. The van der Waals surface area contributed by atoms with Crippen LogP contribution in [0.15, 0.2) is 0 Å². The van der Waals surface area contributed by atoms with Crippen LogP contribution in [0.2, 0.25) is 0 Å². The molecule has 2 nitrogen and oxygen atoms in total. The average Bonchev–Trinajstić information content (AvgIpc) is 2.61. The molecule has 1 aromatic rings. The maximum atomic E-state index is 5.61. The van der Waals surface area contributed by atoms with Gasteiger partial charge < -0.3 is 5.73 Å². The third kappa shape index (κ3) is 2.40. The number of aryl methyl sites for hydroxylation is 1. The van der Waals surface area contributed by atoms with E-state index < -0.39 is 0 Å². The molecule has 2 rings (SSSR count). The van der Waals surface area contributed by atoms with Crippen LogP contribution in [0.25, 0.3) is 0 Å². The Bertz CT molecular complexity index is 330. The summed E-state index contributed by atoms with van der Waals surface area (Å²) in [6.45, 7) is 5.27. The highest BCUT2D eigenvalue weighted by Gasteiger charge is 2.22. The highest BCUT2D eigenvalue weighted by Crippen LogP contribution is 2.33. The van der Waals surface area contributed by atoms with Crippen molar-refractivity contribution in [3.8, 4) is 0 Å². The van der Waals surface area contributed by atoms with Crippen molar-refractivity contribution in [1.29, 1.82) is 0 Å². The van der Waals surface area contributed by atoms with Crippen LogP contribution in [0.5, 0.6) is 0 Å². The first-order valence-corrected chi connectivity index (χ1v) is 6.71. The van der Waals surface area contributed by atoms with E-state index in [1.807, 2.05) is 11.3 Å². The van der Waals surface area contributed by atoms with Crippen molar-refractivity contribution < 1.29 is 0 Å². The summed E-state index contributed by atoms with van der Waals surface area (Å²) < 4.78 is 0. The van der Waals surface area contributed by atoms with Gasteiger partial charge in [0.1, 0.15) is 0 Å². The smallest absolute Gasteiger partial charge is 0.0956 e. The predicted molar refractivity (Wildman–Crippen MR) is 65.4 cm³/mol. The summed E-state index contributed by atoms with van der Waals surface area (Å²) in [6, 6.07) is 0. The first-order valence-electron chi connectivity index (χ1n) is 5.89. The summed E-state index contributed by atoms with van der Waals surface area (Å²) >= 11 is 1.92. The number of hydrogen-bond acceptors (Lipinski definition) is 3. The van der Waals surface area contributed by atoms with Crippen LogP contribution in [0.3, 0.4) is 0 Å². The molecule has 0 aromatic carbocycles. The lowest BCUT2D eigenvalue weighted by Gasteiger charge is -2.19. The van der Waals surface area contributed by atoms with Crippen molar-refractivity contribution in [2.45, 2.75) is 45.4 Å². The predicted octanol–water partition coefficient (Wildman–Crippen LogP) is 2.72. The second-order valence-electron chi connectivity index (χ2n) is 4.76. The lowest BCUT2D eigenvalue weighted by molar-refractivity contribution is 0.431. The maximum absolute atomic E-state index is 5.61. The van der Waals surface area contributed by atoms with Gasteiger partial charge in [-0.25, -0.2) is 4.98 Å². The molecular formula is C12H20N2S. The van der Waals surface area contributed by atoms with Crippen LogP contribution >= 0.6 is 11.3 Å². The van der Waals surface area contributed by atoms with Crippen molar-refractivity contribution >= 4 is 11.3 Å². The van der Waals surface area contributed by atoms with Gasteiger partial charge in [-0.05, 0) is 38.1 Å². The molecule has 0 amide bonds. The fraction of sp³-hybridized carbons (Fsp3) is 0.750. The van der Waals surface area contributed by atoms with Gasteiger partial charge in [0.05, 0.1) is 10.7 Å². The number of nitrogens with two attached hydrogens (primary N) is 1. The fourth-order valence-electron chi connectivity index (χ4n) is 2.20. The van der Waals surface area contributed by atoms with E-state index >= 15 is 0 Å². The van der Waals surface area contributed by atoms with Gasteiger partial charge in [0.15, 0.2) is 0 Å². The second kappa shape index (κ2) is 4.62. The van der Waals surface area contributed by atoms with Crippen molar-refractivity contribution in [2.75, 3.05) is 6.54 Å². The molecular weight excluding hydrogens is 204 g/mol. The molecule has 1 atom stereocenters. The van der Waals surface area contributed by atoms with Crippen molar-refractivity contribution in [1.82, 2.24) is 4.98 Å². The van der Waals surface area contributed by atoms with E-state index in [2.05, 4.69) is 13.8 Å². The molecule has 0 radical (unpaired) electrons. The van der Waals surface area contributed by atoms with E-state index in [4.69, 9.17) is 10.7 Å². The Morgan fingerprint density at radius 3 is 3.00 bits per heavy atom. The van der Waals surface area contributed by atoms with E-state index in [1.165, 1.54) is 28.4 Å². The van der Waals surface area contributed by atoms with Crippen molar-refractivity contribution in [3.05, 3.63) is 15.6 Å². The standard InChI is InChI=1S/C12H20N2S/c1-8(2)12-14-10-7-9(5-6-13)3-4-11(10)15-12/h8-9H,3-7,13H2,1-2H3. The molecule has 0 fully saturated rings. The van der Waals surface area contributed by atoms with Crippen molar-refractivity contribution in [2.24, 2.45) is 11.7 Å². The minimum absolute atomic E-state index is 0.577. The van der Waals surface area contributed by atoms with Gasteiger partial charge in [-0.1, -0.05) is 13.8 Å². The fourth-order valence-corrected chi connectivity index (χ4v) is 3.31. The Kier molecular flexibility index (Phi) is 3.42. The van der Waals surface area contributed by atoms with Crippen LogP contribution < -0.4 is 5.73 Å². The molecule has 1 aliphatic rings. The highest BCUT2D eigenvalue weighted by atomic mass is 32.1. The summed E-state index contributed by atoms with van der Waals surface area (Å²) in [4.78, 5) is 6.29. The zero-order chi connectivity index (χ0) is 10.8. The Labute approximate surface area is 95.9 Å². The number of aromatic nitrogens is 1. The lowest BCUT2D eigenvalue weighted by atomic mass is 9.88. The Balaban J connectivity index is 2.12. The van der Waals surface area contributed by atoms with E-state index in [1.54, 1.807) is 0 Å². The molecule has 1 aromatic heterocycles. The third-order valence-corrected chi connectivity index (χ3v) is 4.58. The molecule has 3 heteroatoms. The minimum Gasteiger partial charge on any atom is -0.330 e. The van der Waals surface area contributed by atoms with Crippen LogP contribution in [0.4, 0.5) is 0 Å². The monoisotopic (exact) mass is 224 g/mol. The number of fused-ring (bicyclic) bond motifs is 1. The molecule has 1 unspecified atom stereocenters. The topological polar surface area (TPSA) is 38.9 Å². The molecule has 0 saturated carbocycles. The summed E-state index contributed by atoms with van der Waals surface area (Å²) in [7, 11) is 0. The van der Waals surface area contributed by atoms with Crippen LogP contribution in [-0.2, 0) is 12.8 Å². The van der Waals surface area contributed by atoms with Gasteiger partial charge in [-0.3, -0.25) is 0 Å². The molecule has 0 bridgehead atoms. The van der Waals surface area contributed by atoms with E-state index in [0.29, 0.717) is 5.92 Å². The molecule has 0 spiro atoms. The van der Waals surface area contributed by atoms with Crippen molar-refractivity contribution in [3.63, 3.8) is 0 Å². The minimum atomic E-state index is 0.577. The van der Waals surface area contributed by atoms with E-state index in [0.717, 1.165) is 25.3 Å². The third-order valence-electron chi connectivity index (χ3n) is 3.13. The maximum Gasteiger partial charge on any atom is 0.0956 e.